The minimum atomic E-state index is 0.263. The lowest BCUT2D eigenvalue weighted by Crippen LogP contribution is -2.38. The number of amides is 1. The summed E-state index contributed by atoms with van der Waals surface area (Å²) in [6.07, 6.45) is 9.58. The first kappa shape index (κ1) is 15.0. The zero-order valence-electron chi connectivity index (χ0n) is 12.8. The zero-order chi connectivity index (χ0) is 14.7. The van der Waals surface area contributed by atoms with E-state index in [1.165, 1.54) is 36.1 Å². The number of aryl methyl sites for hydroxylation is 2. The molecule has 4 heteroatoms. The molecule has 1 saturated heterocycles. The van der Waals surface area contributed by atoms with Crippen LogP contribution in [0.25, 0.3) is 0 Å². The van der Waals surface area contributed by atoms with Crippen LogP contribution in [0.15, 0.2) is 6.07 Å². The molecule has 2 N–H and O–H groups in total. The number of hydrogen-bond donors (Lipinski definition) is 1. The summed E-state index contributed by atoms with van der Waals surface area (Å²) in [5, 5.41) is 0. The summed E-state index contributed by atoms with van der Waals surface area (Å²) >= 11 is 1.75. The molecule has 1 amide bonds. The third-order valence-electron chi connectivity index (χ3n) is 4.93. The molecule has 0 saturated carbocycles. The quantitative estimate of drug-likeness (QED) is 0.872. The van der Waals surface area contributed by atoms with E-state index in [0.29, 0.717) is 0 Å². The molecule has 0 bridgehead atoms. The van der Waals surface area contributed by atoms with Crippen molar-refractivity contribution in [2.24, 2.45) is 11.7 Å². The van der Waals surface area contributed by atoms with E-state index in [4.69, 9.17) is 5.73 Å². The predicted octanol–water partition coefficient (Wildman–Crippen LogP) is 3.22. The second-order valence-electron chi connectivity index (χ2n) is 6.43. The predicted molar refractivity (Wildman–Crippen MR) is 87.9 cm³/mol. The van der Waals surface area contributed by atoms with Gasteiger partial charge in [0.15, 0.2) is 0 Å². The number of thiophene rings is 1. The maximum Gasteiger partial charge on any atom is 0.263 e. The van der Waals surface area contributed by atoms with Crippen LogP contribution < -0.4 is 5.73 Å². The van der Waals surface area contributed by atoms with E-state index in [9.17, 15) is 4.79 Å². The highest BCUT2D eigenvalue weighted by Crippen LogP contribution is 2.30. The van der Waals surface area contributed by atoms with Gasteiger partial charge in [-0.15, -0.1) is 11.3 Å². The van der Waals surface area contributed by atoms with Crippen molar-refractivity contribution in [2.45, 2.75) is 51.4 Å². The lowest BCUT2D eigenvalue weighted by molar-refractivity contribution is 0.0693. The monoisotopic (exact) mass is 306 g/mol. The Kier molecular flexibility index (Phi) is 4.96. The van der Waals surface area contributed by atoms with Crippen molar-refractivity contribution in [2.75, 3.05) is 19.6 Å². The summed E-state index contributed by atoms with van der Waals surface area (Å²) in [6.45, 7) is 2.59. The summed E-state index contributed by atoms with van der Waals surface area (Å²) in [5.74, 6) is 0.985. The molecule has 0 aromatic carbocycles. The molecule has 1 aromatic rings. The van der Waals surface area contributed by atoms with Gasteiger partial charge in [0, 0.05) is 18.0 Å². The number of rotatable bonds is 3. The molecule has 1 aliphatic carbocycles. The number of piperidine rings is 1. The van der Waals surface area contributed by atoms with E-state index in [2.05, 4.69) is 11.0 Å². The van der Waals surface area contributed by atoms with Crippen molar-refractivity contribution >= 4 is 17.2 Å². The van der Waals surface area contributed by atoms with Gasteiger partial charge in [-0.2, -0.15) is 0 Å². The van der Waals surface area contributed by atoms with Crippen LogP contribution in [0.3, 0.4) is 0 Å². The smallest absolute Gasteiger partial charge is 0.263 e. The van der Waals surface area contributed by atoms with Gasteiger partial charge in [0.05, 0.1) is 4.88 Å². The van der Waals surface area contributed by atoms with E-state index in [0.717, 1.165) is 56.1 Å². The van der Waals surface area contributed by atoms with E-state index in [-0.39, 0.29) is 5.91 Å². The van der Waals surface area contributed by atoms with Gasteiger partial charge < -0.3 is 10.6 Å². The minimum absolute atomic E-state index is 0.263. The summed E-state index contributed by atoms with van der Waals surface area (Å²) in [6, 6.07) is 2.18. The Hall–Kier alpha value is -0.870. The lowest BCUT2D eigenvalue weighted by atomic mass is 9.93. The number of fused-ring (bicyclic) bond motifs is 1. The van der Waals surface area contributed by atoms with E-state index >= 15 is 0 Å². The fourth-order valence-electron chi connectivity index (χ4n) is 3.59. The van der Waals surface area contributed by atoms with Crippen LogP contribution in [-0.2, 0) is 12.8 Å². The summed E-state index contributed by atoms with van der Waals surface area (Å²) in [4.78, 5) is 17.2. The highest BCUT2D eigenvalue weighted by molar-refractivity contribution is 7.14. The molecule has 2 aliphatic rings. The van der Waals surface area contributed by atoms with Crippen molar-refractivity contribution in [1.82, 2.24) is 4.90 Å². The van der Waals surface area contributed by atoms with Gasteiger partial charge in [0.1, 0.15) is 0 Å². The van der Waals surface area contributed by atoms with Crippen LogP contribution in [0.4, 0.5) is 0 Å². The molecule has 1 aromatic heterocycles. The van der Waals surface area contributed by atoms with Crippen molar-refractivity contribution in [3.05, 3.63) is 21.4 Å². The lowest BCUT2D eigenvalue weighted by Gasteiger charge is -2.31. The van der Waals surface area contributed by atoms with Crippen molar-refractivity contribution in [1.29, 1.82) is 0 Å². The van der Waals surface area contributed by atoms with E-state index < -0.39 is 0 Å². The molecule has 21 heavy (non-hydrogen) atoms. The van der Waals surface area contributed by atoms with E-state index in [1.54, 1.807) is 11.3 Å². The fourth-order valence-corrected chi connectivity index (χ4v) is 4.81. The average molecular weight is 306 g/mol. The Balaban J connectivity index is 1.63. The number of carbonyl (C=O) groups is 1. The molecule has 3 rings (SSSR count). The molecule has 2 heterocycles. The van der Waals surface area contributed by atoms with E-state index in [1.807, 2.05) is 0 Å². The number of likely N-dealkylation sites (tertiary alicyclic amines) is 1. The van der Waals surface area contributed by atoms with Crippen LogP contribution in [0, 0.1) is 5.92 Å². The first-order valence-electron chi connectivity index (χ1n) is 8.39. The average Bonchev–Trinajstić information content (AvgIpc) is 2.79. The molecule has 0 radical (unpaired) electrons. The highest BCUT2D eigenvalue weighted by atomic mass is 32.1. The Bertz CT molecular complexity index is 465. The van der Waals surface area contributed by atoms with Gasteiger partial charge >= 0.3 is 0 Å². The number of carbonyl (C=O) groups excluding carboxylic acids is 1. The summed E-state index contributed by atoms with van der Waals surface area (Å²) in [5.41, 5.74) is 7.08. The maximum absolute atomic E-state index is 12.7. The first-order chi connectivity index (χ1) is 10.3. The molecule has 0 atom stereocenters. The molecule has 116 valence electrons. The normalized spacial score (nSPS) is 20.1. The van der Waals surface area contributed by atoms with Gasteiger partial charge in [0.2, 0.25) is 0 Å². The van der Waals surface area contributed by atoms with Crippen LogP contribution >= 0.6 is 11.3 Å². The fraction of sp³-hybridized carbons (Fsp3) is 0.706. The topological polar surface area (TPSA) is 46.3 Å². The first-order valence-corrected chi connectivity index (χ1v) is 9.20. The van der Waals surface area contributed by atoms with Crippen LogP contribution in [0.2, 0.25) is 0 Å². The highest BCUT2D eigenvalue weighted by Gasteiger charge is 2.25. The Morgan fingerprint density at radius 1 is 1.24 bits per heavy atom. The third-order valence-corrected chi connectivity index (χ3v) is 6.16. The van der Waals surface area contributed by atoms with Gasteiger partial charge in [-0.05, 0) is 69.0 Å². The summed E-state index contributed by atoms with van der Waals surface area (Å²) < 4.78 is 0. The van der Waals surface area contributed by atoms with Crippen LogP contribution in [-0.4, -0.2) is 30.4 Å². The molecule has 0 spiro atoms. The van der Waals surface area contributed by atoms with Gasteiger partial charge in [-0.25, -0.2) is 0 Å². The molecule has 1 fully saturated rings. The van der Waals surface area contributed by atoms with Crippen molar-refractivity contribution in [3.8, 4) is 0 Å². The second-order valence-corrected chi connectivity index (χ2v) is 7.57. The number of nitrogens with two attached hydrogens (primary N) is 1. The Morgan fingerprint density at radius 3 is 2.76 bits per heavy atom. The molecular formula is C17H26N2OS. The standard InChI is InChI=1S/C17H26N2OS/c18-9-6-13-7-10-19(11-8-13)17(20)16-12-14-4-2-1-3-5-15(14)21-16/h12-13H,1-11,18H2. The van der Waals surface area contributed by atoms with Gasteiger partial charge in [0.25, 0.3) is 5.91 Å². The number of nitrogens with zero attached hydrogens (tertiary/aromatic N) is 1. The van der Waals surface area contributed by atoms with Gasteiger partial charge in [-0.1, -0.05) is 6.42 Å². The van der Waals surface area contributed by atoms with Crippen molar-refractivity contribution in [3.63, 3.8) is 0 Å². The minimum Gasteiger partial charge on any atom is -0.338 e. The molecular weight excluding hydrogens is 280 g/mol. The Morgan fingerprint density at radius 2 is 2.00 bits per heavy atom. The maximum atomic E-state index is 12.7. The van der Waals surface area contributed by atoms with Crippen molar-refractivity contribution < 1.29 is 4.79 Å². The summed E-state index contributed by atoms with van der Waals surface area (Å²) in [7, 11) is 0. The molecule has 0 unspecified atom stereocenters. The van der Waals surface area contributed by atoms with Crippen LogP contribution in [0.1, 0.15) is 58.6 Å². The SMILES string of the molecule is NCCC1CCN(C(=O)c2cc3c(s2)CCCCC3)CC1. The molecule has 3 nitrogen and oxygen atoms in total. The third kappa shape index (κ3) is 3.49. The van der Waals surface area contributed by atoms with Gasteiger partial charge in [-0.3, -0.25) is 4.79 Å². The van der Waals surface area contributed by atoms with Crippen LogP contribution in [0.5, 0.6) is 0 Å². The molecule has 1 aliphatic heterocycles. The largest absolute Gasteiger partial charge is 0.338 e. The zero-order valence-corrected chi connectivity index (χ0v) is 13.6. The Labute approximate surface area is 131 Å². The second kappa shape index (κ2) is 6.93. The number of hydrogen-bond acceptors (Lipinski definition) is 3.